The molecule has 0 unspecified atom stereocenters. The lowest BCUT2D eigenvalue weighted by Gasteiger charge is -2.24. The third-order valence-electron chi connectivity index (χ3n) is 1.84. The molecule has 0 bridgehead atoms. The van der Waals surface area contributed by atoms with Crippen LogP contribution in [0.3, 0.4) is 0 Å². The van der Waals surface area contributed by atoms with Crippen LogP contribution in [-0.2, 0) is 14.6 Å². The molecule has 4 nitrogen and oxygen atoms in total. The van der Waals surface area contributed by atoms with E-state index >= 15 is 0 Å². The number of carbonyl (C=O) groups excluding carboxylic acids is 1. The Morgan fingerprint density at radius 2 is 1.86 bits per heavy atom. The zero-order chi connectivity index (χ0) is 11.4. The highest BCUT2D eigenvalue weighted by Crippen LogP contribution is 2.11. The Labute approximate surface area is 86.2 Å². The molecule has 0 fully saturated rings. The minimum absolute atomic E-state index is 0.137. The van der Waals surface area contributed by atoms with E-state index in [2.05, 4.69) is 0 Å². The molecule has 0 aliphatic heterocycles. The van der Waals surface area contributed by atoms with Crippen LogP contribution in [0.2, 0.25) is 0 Å². The molecule has 0 N–H and O–H groups in total. The zero-order valence-electron chi connectivity index (χ0n) is 9.28. The van der Waals surface area contributed by atoms with Gasteiger partial charge >= 0.3 is 0 Å². The summed E-state index contributed by atoms with van der Waals surface area (Å²) < 4.78 is 21.7. The van der Waals surface area contributed by atoms with Crippen molar-refractivity contribution < 1.29 is 13.2 Å². The van der Waals surface area contributed by atoms with Gasteiger partial charge in [0, 0.05) is 24.8 Å². The van der Waals surface area contributed by atoms with E-state index in [1.165, 1.54) is 6.26 Å². The number of aldehydes is 1. The fourth-order valence-corrected chi connectivity index (χ4v) is 1.78. The third kappa shape index (κ3) is 7.03. The first-order valence-electron chi connectivity index (χ1n) is 4.49. The van der Waals surface area contributed by atoms with Crippen molar-refractivity contribution in [2.45, 2.75) is 13.8 Å². The molecule has 0 aliphatic carbocycles. The Morgan fingerprint density at radius 1 is 1.36 bits per heavy atom. The van der Waals surface area contributed by atoms with Crippen LogP contribution in [0.5, 0.6) is 0 Å². The van der Waals surface area contributed by atoms with Crippen LogP contribution >= 0.6 is 0 Å². The summed E-state index contributed by atoms with van der Waals surface area (Å²) in [6.07, 6.45) is 2.11. The highest BCUT2D eigenvalue weighted by atomic mass is 32.2. The fraction of sp³-hybridized carbons (Fsp3) is 0.889. The Balaban J connectivity index is 4.00. The molecule has 5 heteroatoms. The van der Waals surface area contributed by atoms with Gasteiger partial charge in [-0.2, -0.15) is 0 Å². The molecule has 0 aromatic rings. The molecule has 0 heterocycles. The van der Waals surface area contributed by atoms with Gasteiger partial charge in [-0.15, -0.1) is 0 Å². The van der Waals surface area contributed by atoms with Crippen molar-refractivity contribution >= 4 is 16.1 Å². The molecule has 0 aromatic carbocycles. The molecule has 0 saturated heterocycles. The topological polar surface area (TPSA) is 54.5 Å². The van der Waals surface area contributed by atoms with Crippen LogP contribution in [-0.4, -0.2) is 51.7 Å². The molecular formula is C9H19NO3S. The van der Waals surface area contributed by atoms with Crippen LogP contribution < -0.4 is 0 Å². The highest BCUT2D eigenvalue weighted by Gasteiger charge is 2.19. The van der Waals surface area contributed by atoms with Gasteiger partial charge in [0.1, 0.15) is 16.1 Å². The van der Waals surface area contributed by atoms with Gasteiger partial charge < -0.3 is 9.69 Å². The minimum Gasteiger partial charge on any atom is -0.304 e. The second-order valence-corrected chi connectivity index (χ2v) is 6.73. The summed E-state index contributed by atoms with van der Waals surface area (Å²) >= 11 is 0. The van der Waals surface area contributed by atoms with Crippen molar-refractivity contribution in [1.29, 1.82) is 0 Å². The van der Waals surface area contributed by atoms with Crippen molar-refractivity contribution in [3.63, 3.8) is 0 Å². The van der Waals surface area contributed by atoms with E-state index in [-0.39, 0.29) is 5.75 Å². The molecule has 0 rings (SSSR count). The maximum absolute atomic E-state index is 10.9. The third-order valence-corrected chi connectivity index (χ3v) is 2.76. The van der Waals surface area contributed by atoms with E-state index < -0.39 is 15.3 Å². The summed E-state index contributed by atoms with van der Waals surface area (Å²) in [5.41, 5.74) is -0.410. The van der Waals surface area contributed by atoms with Gasteiger partial charge in [0.25, 0.3) is 0 Å². The van der Waals surface area contributed by atoms with Crippen LogP contribution in [0.15, 0.2) is 0 Å². The molecule has 84 valence electrons. The van der Waals surface area contributed by atoms with Gasteiger partial charge in [0.2, 0.25) is 0 Å². The van der Waals surface area contributed by atoms with E-state index in [4.69, 9.17) is 0 Å². The number of carbonyl (C=O) groups is 1. The van der Waals surface area contributed by atoms with Gasteiger partial charge in [-0.1, -0.05) is 13.8 Å². The largest absolute Gasteiger partial charge is 0.304 e. The second kappa shape index (κ2) is 4.89. The standard InChI is InChI=1S/C9H19NO3S/c1-9(2,8-11)7-10(3)5-6-14(4,12)13/h8H,5-7H2,1-4H3. The van der Waals surface area contributed by atoms with Crippen LogP contribution in [0.1, 0.15) is 13.8 Å². The number of sulfone groups is 1. The van der Waals surface area contributed by atoms with Crippen molar-refractivity contribution in [3.05, 3.63) is 0 Å². The number of hydrogen-bond donors (Lipinski definition) is 0. The Morgan fingerprint density at radius 3 is 2.21 bits per heavy atom. The Kier molecular flexibility index (Phi) is 4.74. The molecule has 0 spiro atoms. The molecule has 0 aromatic heterocycles. The smallest absolute Gasteiger partial charge is 0.148 e. The van der Waals surface area contributed by atoms with Crippen molar-refractivity contribution in [1.82, 2.24) is 4.90 Å². The molecule has 0 amide bonds. The SMILES string of the molecule is CN(CCS(C)(=O)=O)CC(C)(C)C=O. The summed E-state index contributed by atoms with van der Waals surface area (Å²) in [5.74, 6) is 0.137. The normalized spacial score (nSPS) is 13.2. The predicted octanol–water partition coefficient (Wildman–Crippen LogP) is 0.188. The van der Waals surface area contributed by atoms with Gasteiger partial charge in [-0.25, -0.2) is 8.42 Å². The lowest BCUT2D eigenvalue weighted by atomic mass is 9.95. The average molecular weight is 221 g/mol. The lowest BCUT2D eigenvalue weighted by Crippen LogP contribution is -2.35. The molecule has 0 radical (unpaired) electrons. The maximum Gasteiger partial charge on any atom is 0.148 e. The highest BCUT2D eigenvalue weighted by molar-refractivity contribution is 7.90. The number of nitrogens with zero attached hydrogens (tertiary/aromatic N) is 1. The first kappa shape index (κ1) is 13.6. The van der Waals surface area contributed by atoms with E-state index in [1.54, 1.807) is 0 Å². The van der Waals surface area contributed by atoms with Gasteiger partial charge in [-0.05, 0) is 7.05 Å². The summed E-state index contributed by atoms with van der Waals surface area (Å²) in [7, 11) is -1.10. The zero-order valence-corrected chi connectivity index (χ0v) is 10.1. The van der Waals surface area contributed by atoms with E-state index in [0.717, 1.165) is 6.29 Å². The summed E-state index contributed by atoms with van der Waals surface area (Å²) in [6.45, 7) is 4.70. The molecule has 0 atom stereocenters. The van der Waals surface area contributed by atoms with Gasteiger partial charge in [-0.3, -0.25) is 0 Å². The van der Waals surface area contributed by atoms with Crippen molar-refractivity contribution in [2.75, 3.05) is 32.1 Å². The molecule has 0 saturated carbocycles. The van der Waals surface area contributed by atoms with Crippen molar-refractivity contribution in [3.8, 4) is 0 Å². The fourth-order valence-electron chi connectivity index (χ4n) is 1.13. The minimum atomic E-state index is -2.91. The Hall–Kier alpha value is -0.420. The van der Waals surface area contributed by atoms with Crippen molar-refractivity contribution in [2.24, 2.45) is 5.41 Å². The lowest BCUT2D eigenvalue weighted by molar-refractivity contribution is -0.115. The number of rotatable bonds is 6. The summed E-state index contributed by atoms with van der Waals surface area (Å²) in [5, 5.41) is 0. The molecule has 14 heavy (non-hydrogen) atoms. The summed E-state index contributed by atoms with van der Waals surface area (Å²) in [6, 6.07) is 0. The molecular weight excluding hydrogens is 202 g/mol. The molecule has 0 aliphatic rings. The van der Waals surface area contributed by atoms with E-state index in [9.17, 15) is 13.2 Å². The van der Waals surface area contributed by atoms with Crippen LogP contribution in [0.25, 0.3) is 0 Å². The van der Waals surface area contributed by atoms with Gasteiger partial charge in [0.05, 0.1) is 5.75 Å². The number of hydrogen-bond acceptors (Lipinski definition) is 4. The predicted molar refractivity (Wildman–Crippen MR) is 57.1 cm³/mol. The average Bonchev–Trinajstić information content (AvgIpc) is 1.99. The maximum atomic E-state index is 10.9. The first-order chi connectivity index (χ1) is 6.16. The monoisotopic (exact) mass is 221 g/mol. The first-order valence-corrected chi connectivity index (χ1v) is 6.55. The van der Waals surface area contributed by atoms with Gasteiger partial charge in [0.15, 0.2) is 0 Å². The van der Waals surface area contributed by atoms with Crippen LogP contribution in [0, 0.1) is 5.41 Å². The van der Waals surface area contributed by atoms with E-state index in [1.807, 2.05) is 25.8 Å². The quantitative estimate of drug-likeness (QED) is 0.601. The summed E-state index contributed by atoms with van der Waals surface area (Å²) in [4.78, 5) is 12.5. The van der Waals surface area contributed by atoms with Crippen LogP contribution in [0.4, 0.5) is 0 Å². The Bertz CT molecular complexity index is 282. The van der Waals surface area contributed by atoms with E-state index in [0.29, 0.717) is 13.1 Å². The second-order valence-electron chi connectivity index (χ2n) is 4.47.